The fourth-order valence-corrected chi connectivity index (χ4v) is 2.38. The van der Waals surface area contributed by atoms with E-state index in [1.165, 1.54) is 12.1 Å². The Morgan fingerprint density at radius 2 is 2.43 bits per heavy atom. The van der Waals surface area contributed by atoms with Gasteiger partial charge in [-0.1, -0.05) is 6.92 Å². The predicted molar refractivity (Wildman–Crippen MR) is 57.3 cm³/mol. The Kier molecular flexibility index (Phi) is 2.35. The fourth-order valence-electron chi connectivity index (χ4n) is 2.38. The maximum Gasteiger partial charge on any atom is 0.0951 e. The monoisotopic (exact) mass is 193 g/mol. The Morgan fingerprint density at radius 3 is 3.00 bits per heavy atom. The Hall–Kier alpha value is -0.830. The van der Waals surface area contributed by atoms with Crippen LogP contribution in [0.3, 0.4) is 0 Å². The molecule has 1 unspecified atom stereocenters. The van der Waals surface area contributed by atoms with Crippen LogP contribution in [0.4, 0.5) is 0 Å². The second-order valence-electron chi connectivity index (χ2n) is 4.60. The van der Waals surface area contributed by atoms with E-state index in [-0.39, 0.29) is 5.54 Å². The highest BCUT2D eigenvalue weighted by atomic mass is 15.2. The van der Waals surface area contributed by atoms with Gasteiger partial charge in [-0.25, -0.2) is 4.98 Å². The number of hydrogen-bond donors (Lipinski definition) is 1. The minimum Gasteiger partial charge on any atom is -0.330 e. The van der Waals surface area contributed by atoms with Gasteiger partial charge in [0.2, 0.25) is 0 Å². The summed E-state index contributed by atoms with van der Waals surface area (Å²) in [5, 5.41) is 3.54. The first-order valence-electron chi connectivity index (χ1n) is 5.41. The Morgan fingerprint density at radius 1 is 1.64 bits per heavy atom. The zero-order chi connectivity index (χ0) is 10.2. The molecule has 2 heterocycles. The van der Waals surface area contributed by atoms with Crippen LogP contribution in [0.1, 0.15) is 38.9 Å². The molecule has 0 amide bonds. The van der Waals surface area contributed by atoms with Gasteiger partial charge in [0, 0.05) is 17.4 Å². The summed E-state index contributed by atoms with van der Waals surface area (Å²) < 4.78 is 2.33. The van der Waals surface area contributed by atoms with Gasteiger partial charge in [0.25, 0.3) is 0 Å². The van der Waals surface area contributed by atoms with Crippen LogP contribution in [0.5, 0.6) is 0 Å². The summed E-state index contributed by atoms with van der Waals surface area (Å²) in [5.41, 5.74) is 1.54. The molecule has 1 aromatic heterocycles. The fraction of sp³-hybridized carbons (Fsp3) is 0.727. The van der Waals surface area contributed by atoms with Gasteiger partial charge in [0.1, 0.15) is 0 Å². The molecule has 0 bridgehead atoms. The van der Waals surface area contributed by atoms with E-state index in [0.717, 1.165) is 13.0 Å². The summed E-state index contributed by atoms with van der Waals surface area (Å²) in [6.07, 6.45) is 6.22. The third kappa shape index (κ3) is 1.46. The number of hydrogen-bond acceptors (Lipinski definition) is 2. The molecule has 1 aliphatic rings. The third-order valence-electron chi connectivity index (χ3n) is 3.28. The molecule has 0 radical (unpaired) electrons. The predicted octanol–water partition coefficient (Wildman–Crippen LogP) is 1.76. The lowest BCUT2D eigenvalue weighted by Crippen LogP contribution is -2.39. The number of rotatable bonds is 2. The first-order chi connectivity index (χ1) is 6.65. The zero-order valence-corrected chi connectivity index (χ0v) is 9.25. The maximum absolute atomic E-state index is 4.24. The molecule has 3 nitrogen and oxygen atoms in total. The molecule has 1 N–H and O–H groups in total. The van der Waals surface area contributed by atoms with E-state index in [4.69, 9.17) is 0 Å². The summed E-state index contributed by atoms with van der Waals surface area (Å²) >= 11 is 0. The Bertz CT molecular complexity index is 314. The van der Waals surface area contributed by atoms with Gasteiger partial charge in [0.15, 0.2) is 0 Å². The van der Waals surface area contributed by atoms with Crippen molar-refractivity contribution in [2.75, 3.05) is 6.54 Å². The van der Waals surface area contributed by atoms with Gasteiger partial charge in [-0.15, -0.1) is 0 Å². The van der Waals surface area contributed by atoms with Crippen molar-refractivity contribution in [2.24, 2.45) is 0 Å². The van der Waals surface area contributed by atoms with Crippen LogP contribution >= 0.6 is 0 Å². The van der Waals surface area contributed by atoms with Crippen LogP contribution < -0.4 is 5.32 Å². The average molecular weight is 193 g/mol. The van der Waals surface area contributed by atoms with Gasteiger partial charge in [-0.05, 0) is 33.2 Å². The van der Waals surface area contributed by atoms with Crippen LogP contribution in [0.25, 0.3) is 0 Å². The van der Waals surface area contributed by atoms with E-state index in [2.05, 4.69) is 35.6 Å². The van der Waals surface area contributed by atoms with Gasteiger partial charge >= 0.3 is 0 Å². The molecule has 0 spiro atoms. The molecule has 0 aromatic carbocycles. The summed E-state index contributed by atoms with van der Waals surface area (Å²) in [4.78, 5) is 4.24. The highest BCUT2D eigenvalue weighted by molar-refractivity contribution is 5.06. The van der Waals surface area contributed by atoms with Crippen LogP contribution in [0.2, 0.25) is 0 Å². The smallest absolute Gasteiger partial charge is 0.0951 e. The lowest BCUT2D eigenvalue weighted by Gasteiger charge is -2.29. The summed E-state index contributed by atoms with van der Waals surface area (Å²) in [6, 6.07) is 0.556. The molecule has 1 aromatic rings. The molecule has 78 valence electrons. The average Bonchev–Trinajstić information content (AvgIpc) is 2.69. The second kappa shape index (κ2) is 3.39. The van der Waals surface area contributed by atoms with Crippen molar-refractivity contribution in [1.82, 2.24) is 14.9 Å². The zero-order valence-electron chi connectivity index (χ0n) is 9.25. The quantitative estimate of drug-likeness (QED) is 0.775. The third-order valence-corrected chi connectivity index (χ3v) is 3.28. The van der Waals surface area contributed by atoms with Crippen LogP contribution in [0, 0.1) is 0 Å². The highest BCUT2D eigenvalue weighted by Gasteiger charge is 2.35. The molecule has 14 heavy (non-hydrogen) atoms. The molecule has 0 saturated carbocycles. The summed E-state index contributed by atoms with van der Waals surface area (Å²) in [6.45, 7) is 7.83. The normalized spacial score (nSPS) is 25.5. The van der Waals surface area contributed by atoms with Gasteiger partial charge in [-0.2, -0.15) is 0 Å². The van der Waals surface area contributed by atoms with E-state index in [9.17, 15) is 0 Å². The molecule has 0 aliphatic carbocycles. The van der Waals surface area contributed by atoms with E-state index < -0.39 is 0 Å². The lowest BCUT2D eigenvalue weighted by atomic mass is 9.96. The standard InChI is InChI=1S/C11H19N3/c1-4-9-7-12-8-14(9)10-5-6-13-11(10,2)3/h7-8,10,13H,4-6H2,1-3H3. The van der Waals surface area contributed by atoms with Crippen molar-refractivity contribution < 1.29 is 0 Å². The minimum absolute atomic E-state index is 0.199. The number of imidazole rings is 1. The number of nitrogens with zero attached hydrogens (tertiary/aromatic N) is 2. The van der Waals surface area contributed by atoms with Crippen molar-refractivity contribution in [2.45, 2.75) is 45.2 Å². The van der Waals surface area contributed by atoms with Crippen molar-refractivity contribution in [1.29, 1.82) is 0 Å². The van der Waals surface area contributed by atoms with Crippen LogP contribution in [-0.4, -0.2) is 21.6 Å². The summed E-state index contributed by atoms with van der Waals surface area (Å²) in [7, 11) is 0. The van der Waals surface area contributed by atoms with Crippen molar-refractivity contribution >= 4 is 0 Å². The molecule has 1 fully saturated rings. The Labute approximate surface area is 85.5 Å². The van der Waals surface area contributed by atoms with Crippen molar-refractivity contribution in [3.05, 3.63) is 18.2 Å². The minimum atomic E-state index is 0.199. The van der Waals surface area contributed by atoms with E-state index in [0.29, 0.717) is 6.04 Å². The van der Waals surface area contributed by atoms with E-state index in [1.807, 2.05) is 12.5 Å². The SMILES string of the molecule is CCc1cncn1C1CCNC1(C)C. The van der Waals surface area contributed by atoms with Crippen LogP contribution in [0.15, 0.2) is 12.5 Å². The van der Waals surface area contributed by atoms with E-state index in [1.54, 1.807) is 0 Å². The largest absolute Gasteiger partial charge is 0.330 e. The Balaban J connectivity index is 2.30. The molecule has 3 heteroatoms. The van der Waals surface area contributed by atoms with Crippen molar-refractivity contribution in [3.8, 4) is 0 Å². The first-order valence-corrected chi connectivity index (χ1v) is 5.41. The second-order valence-corrected chi connectivity index (χ2v) is 4.60. The summed E-state index contributed by atoms with van der Waals surface area (Å²) in [5.74, 6) is 0. The van der Waals surface area contributed by atoms with Crippen molar-refractivity contribution in [3.63, 3.8) is 0 Å². The molecule has 1 atom stereocenters. The molecular weight excluding hydrogens is 174 g/mol. The molecule has 2 rings (SSSR count). The van der Waals surface area contributed by atoms with Gasteiger partial charge in [0.05, 0.1) is 12.4 Å². The number of nitrogens with one attached hydrogen (secondary N) is 1. The van der Waals surface area contributed by atoms with Crippen LogP contribution in [-0.2, 0) is 6.42 Å². The maximum atomic E-state index is 4.24. The first kappa shape index (κ1) is 9.71. The van der Waals surface area contributed by atoms with Gasteiger partial charge < -0.3 is 9.88 Å². The molecule has 1 aliphatic heterocycles. The van der Waals surface area contributed by atoms with Gasteiger partial charge in [-0.3, -0.25) is 0 Å². The topological polar surface area (TPSA) is 29.9 Å². The number of aromatic nitrogens is 2. The lowest BCUT2D eigenvalue weighted by molar-refractivity contribution is 0.325. The molecule has 1 saturated heterocycles. The van der Waals surface area contributed by atoms with E-state index >= 15 is 0 Å². The number of aryl methyl sites for hydroxylation is 1. The molecular formula is C11H19N3. The highest BCUT2D eigenvalue weighted by Crippen LogP contribution is 2.31.